The number of nitrogens with one attached hydrogen (secondary N) is 1. The van der Waals surface area contributed by atoms with Gasteiger partial charge in [0, 0.05) is 73.7 Å². The minimum Gasteiger partial charge on any atom is -0.390 e. The van der Waals surface area contributed by atoms with E-state index in [0.29, 0.717) is 24.7 Å². The van der Waals surface area contributed by atoms with Crippen LogP contribution in [0.5, 0.6) is 0 Å². The number of piperazine rings is 1. The maximum atomic E-state index is 11.8. The Bertz CT molecular complexity index is 1300. The van der Waals surface area contributed by atoms with Gasteiger partial charge in [-0.1, -0.05) is 48.7 Å². The van der Waals surface area contributed by atoms with Gasteiger partial charge in [0.1, 0.15) is 0 Å². The fourth-order valence-electron chi connectivity index (χ4n) is 5.51. The standard InChI is InChI=1S/C31H42ClN5O2/c1-6-7-30-27(18-33-24(5)38)31(25-9-10-28(32)22(3)17-25)34-37(30)20-26(39)19-35-12-14-36(15-13-35)29-11-8-21(2)16-23(29)4/h8-11,16-17,26,39H,6-7,12-15,18-20H2,1-5H3,(H,33,38). The number of benzene rings is 2. The minimum atomic E-state index is -0.554. The van der Waals surface area contributed by atoms with Gasteiger partial charge in [-0.15, -0.1) is 0 Å². The van der Waals surface area contributed by atoms with Crippen LogP contribution >= 0.6 is 11.6 Å². The van der Waals surface area contributed by atoms with Gasteiger partial charge in [0.25, 0.3) is 0 Å². The van der Waals surface area contributed by atoms with Gasteiger partial charge in [0.05, 0.1) is 18.3 Å². The highest BCUT2D eigenvalue weighted by Gasteiger charge is 2.24. The first-order valence-electron chi connectivity index (χ1n) is 14.0. The van der Waals surface area contributed by atoms with Crippen LogP contribution in [0, 0.1) is 20.8 Å². The van der Waals surface area contributed by atoms with E-state index in [-0.39, 0.29) is 5.91 Å². The number of aliphatic hydroxyl groups excluding tert-OH is 1. The van der Waals surface area contributed by atoms with E-state index >= 15 is 0 Å². The van der Waals surface area contributed by atoms with Crippen LogP contribution in [0.25, 0.3) is 11.3 Å². The summed E-state index contributed by atoms with van der Waals surface area (Å²) in [7, 11) is 0. The van der Waals surface area contributed by atoms with Crippen molar-refractivity contribution in [2.24, 2.45) is 0 Å². The number of rotatable bonds is 10. The van der Waals surface area contributed by atoms with E-state index in [4.69, 9.17) is 16.7 Å². The van der Waals surface area contributed by atoms with Crippen molar-refractivity contribution in [3.8, 4) is 11.3 Å². The van der Waals surface area contributed by atoms with Crippen LogP contribution in [0.1, 0.15) is 48.2 Å². The van der Waals surface area contributed by atoms with Crippen LogP contribution in [-0.4, -0.2) is 64.5 Å². The average Bonchev–Trinajstić information content (AvgIpc) is 3.22. The smallest absolute Gasteiger partial charge is 0.217 e. The Kier molecular flexibility index (Phi) is 9.70. The molecule has 7 nitrogen and oxygen atoms in total. The van der Waals surface area contributed by atoms with E-state index in [0.717, 1.165) is 67.1 Å². The number of nitrogens with zero attached hydrogens (tertiary/aromatic N) is 4. The highest BCUT2D eigenvalue weighted by atomic mass is 35.5. The lowest BCUT2D eigenvalue weighted by Crippen LogP contribution is -2.49. The molecule has 1 aromatic heterocycles. The number of carbonyl (C=O) groups excluding carboxylic acids is 1. The molecule has 1 aliphatic heterocycles. The normalized spacial score (nSPS) is 15.0. The molecule has 1 amide bonds. The highest BCUT2D eigenvalue weighted by Crippen LogP contribution is 2.30. The van der Waals surface area contributed by atoms with E-state index < -0.39 is 6.10 Å². The molecule has 1 unspecified atom stereocenters. The van der Waals surface area contributed by atoms with Crippen LogP contribution in [0.3, 0.4) is 0 Å². The molecular weight excluding hydrogens is 510 g/mol. The summed E-state index contributed by atoms with van der Waals surface area (Å²) in [4.78, 5) is 16.6. The number of hydrogen-bond donors (Lipinski definition) is 2. The van der Waals surface area contributed by atoms with Crippen molar-refractivity contribution in [2.75, 3.05) is 37.6 Å². The summed E-state index contributed by atoms with van der Waals surface area (Å²) < 4.78 is 1.95. The summed E-state index contributed by atoms with van der Waals surface area (Å²) in [5, 5.41) is 19.8. The molecule has 3 aromatic rings. The van der Waals surface area contributed by atoms with Crippen LogP contribution < -0.4 is 10.2 Å². The van der Waals surface area contributed by atoms with E-state index in [1.807, 2.05) is 29.8 Å². The van der Waals surface area contributed by atoms with Gasteiger partial charge >= 0.3 is 0 Å². The summed E-state index contributed by atoms with van der Waals surface area (Å²) in [5.41, 5.74) is 8.74. The quantitative estimate of drug-likeness (QED) is 0.375. The summed E-state index contributed by atoms with van der Waals surface area (Å²) in [5.74, 6) is -0.0801. The molecule has 1 fully saturated rings. The number of anilines is 1. The summed E-state index contributed by atoms with van der Waals surface area (Å²) >= 11 is 6.29. The maximum Gasteiger partial charge on any atom is 0.217 e. The number of aryl methyl sites for hydroxylation is 3. The first kappa shape index (κ1) is 29.1. The van der Waals surface area contributed by atoms with Crippen molar-refractivity contribution in [1.29, 1.82) is 0 Å². The molecule has 1 atom stereocenters. The second kappa shape index (κ2) is 13.0. The second-order valence-corrected chi connectivity index (χ2v) is 11.2. The molecule has 39 heavy (non-hydrogen) atoms. The van der Waals surface area contributed by atoms with Crippen molar-refractivity contribution in [1.82, 2.24) is 20.0 Å². The molecule has 0 aliphatic carbocycles. The molecule has 2 aromatic carbocycles. The Morgan fingerprint density at radius 2 is 1.79 bits per heavy atom. The fourth-order valence-corrected chi connectivity index (χ4v) is 5.63. The van der Waals surface area contributed by atoms with Crippen molar-refractivity contribution in [3.05, 3.63) is 69.4 Å². The highest BCUT2D eigenvalue weighted by molar-refractivity contribution is 6.31. The third kappa shape index (κ3) is 7.21. The van der Waals surface area contributed by atoms with Gasteiger partial charge < -0.3 is 15.3 Å². The van der Waals surface area contributed by atoms with Crippen molar-refractivity contribution in [3.63, 3.8) is 0 Å². The molecule has 2 heterocycles. The lowest BCUT2D eigenvalue weighted by Gasteiger charge is -2.37. The van der Waals surface area contributed by atoms with Gasteiger partial charge in [0.2, 0.25) is 5.91 Å². The Morgan fingerprint density at radius 3 is 2.44 bits per heavy atom. The van der Waals surface area contributed by atoms with Gasteiger partial charge in [-0.05, 0) is 56.5 Å². The summed E-state index contributed by atoms with van der Waals surface area (Å²) in [6.07, 6.45) is 1.20. The zero-order valence-corrected chi connectivity index (χ0v) is 24.7. The largest absolute Gasteiger partial charge is 0.390 e. The molecule has 1 saturated heterocycles. The first-order valence-corrected chi connectivity index (χ1v) is 14.4. The molecule has 210 valence electrons. The Morgan fingerprint density at radius 1 is 1.05 bits per heavy atom. The minimum absolute atomic E-state index is 0.0801. The van der Waals surface area contributed by atoms with Crippen LogP contribution in [0.2, 0.25) is 5.02 Å². The number of hydrogen-bond acceptors (Lipinski definition) is 5. The summed E-state index contributed by atoms with van der Waals surface area (Å²) in [6, 6.07) is 12.5. The molecule has 1 aliphatic rings. The maximum absolute atomic E-state index is 11.8. The van der Waals surface area contributed by atoms with Gasteiger partial charge in [0.15, 0.2) is 0 Å². The number of amides is 1. The van der Waals surface area contributed by atoms with Gasteiger partial charge in [-0.25, -0.2) is 0 Å². The average molecular weight is 552 g/mol. The van der Waals surface area contributed by atoms with E-state index in [1.54, 1.807) is 0 Å². The molecule has 2 N–H and O–H groups in total. The molecule has 8 heteroatoms. The zero-order valence-electron chi connectivity index (χ0n) is 23.9. The number of aliphatic hydroxyl groups is 1. The molecule has 0 bridgehead atoms. The number of halogens is 1. The fraction of sp³-hybridized carbons (Fsp3) is 0.484. The van der Waals surface area contributed by atoms with Crippen molar-refractivity contribution < 1.29 is 9.90 Å². The predicted octanol–water partition coefficient (Wildman–Crippen LogP) is 4.90. The molecule has 0 spiro atoms. The molecular formula is C31H42ClN5O2. The topological polar surface area (TPSA) is 73.6 Å². The third-order valence-corrected chi connectivity index (χ3v) is 7.94. The third-order valence-electron chi connectivity index (χ3n) is 7.52. The number of β-amino-alcohol motifs (C(OH)–C–C–N with tert-alkyl or cyclic N) is 1. The Labute approximate surface area is 237 Å². The molecule has 4 rings (SSSR count). The predicted molar refractivity (Wildman–Crippen MR) is 160 cm³/mol. The SMILES string of the molecule is CCCc1c(CNC(C)=O)c(-c2ccc(Cl)c(C)c2)nn1CC(O)CN1CCN(c2ccc(C)cc2C)CC1. The van der Waals surface area contributed by atoms with Gasteiger partial charge in [-0.2, -0.15) is 5.10 Å². The van der Waals surface area contributed by atoms with E-state index in [1.165, 1.54) is 23.7 Å². The van der Waals surface area contributed by atoms with Gasteiger partial charge in [-0.3, -0.25) is 14.4 Å². The Hall–Kier alpha value is -2.87. The number of carbonyl (C=O) groups is 1. The van der Waals surface area contributed by atoms with Crippen LogP contribution in [-0.2, 0) is 24.3 Å². The molecule has 0 saturated carbocycles. The Balaban J connectivity index is 1.49. The molecule has 0 radical (unpaired) electrons. The van der Waals surface area contributed by atoms with E-state index in [9.17, 15) is 9.90 Å². The van der Waals surface area contributed by atoms with Crippen molar-refractivity contribution >= 4 is 23.2 Å². The second-order valence-electron chi connectivity index (χ2n) is 10.8. The lowest BCUT2D eigenvalue weighted by molar-refractivity contribution is -0.119. The first-order chi connectivity index (χ1) is 18.7. The monoisotopic (exact) mass is 551 g/mol. The van der Waals surface area contributed by atoms with Crippen LogP contribution in [0.4, 0.5) is 5.69 Å². The van der Waals surface area contributed by atoms with Crippen LogP contribution in [0.15, 0.2) is 36.4 Å². The van der Waals surface area contributed by atoms with E-state index in [2.05, 4.69) is 54.1 Å². The zero-order chi connectivity index (χ0) is 28.1. The number of aromatic nitrogens is 2. The van der Waals surface area contributed by atoms with Crippen molar-refractivity contribution in [2.45, 2.75) is 66.7 Å². The lowest BCUT2D eigenvalue weighted by atomic mass is 10.0. The summed E-state index contributed by atoms with van der Waals surface area (Å²) in [6.45, 7) is 15.1.